The number of thioether (sulfide) groups is 1. The van der Waals surface area contributed by atoms with Crippen molar-refractivity contribution in [2.45, 2.75) is 59.8 Å². The Morgan fingerprint density at radius 3 is 1.44 bits per heavy atom. The van der Waals surface area contributed by atoms with Crippen molar-refractivity contribution in [3.63, 3.8) is 0 Å². The number of nitrogens with one attached hydrogen (secondary N) is 1. The highest BCUT2D eigenvalue weighted by Crippen LogP contribution is 2.64. The van der Waals surface area contributed by atoms with Crippen LogP contribution in [0.5, 0.6) is 0 Å². The van der Waals surface area contributed by atoms with E-state index in [1.54, 1.807) is 0 Å². The Bertz CT molecular complexity index is 980. The number of nitrogens with two attached hydrogens (primary N) is 1. The van der Waals surface area contributed by atoms with Crippen LogP contribution in [-0.4, -0.2) is 68.3 Å². The molecule has 1 aromatic heterocycles. The summed E-state index contributed by atoms with van der Waals surface area (Å²) in [5, 5.41) is 5.48. The molecule has 0 saturated heterocycles. The topological polar surface area (TPSA) is 59.6 Å². The van der Waals surface area contributed by atoms with E-state index >= 15 is 0 Å². The van der Waals surface area contributed by atoms with Crippen LogP contribution in [0.1, 0.15) is 12.2 Å². The van der Waals surface area contributed by atoms with Crippen LogP contribution in [0.15, 0.2) is 0 Å². The number of nitrogen functional groups attached to an aromatic ring is 1. The number of hydrogen-bond donors (Lipinski definition) is 2. The lowest BCUT2D eigenvalue weighted by Gasteiger charge is -2.42. The number of alkyl halides is 17. The summed E-state index contributed by atoms with van der Waals surface area (Å²) in [6, 6.07) is 0. The molecule has 0 aromatic carbocycles. The van der Waals surface area contributed by atoms with Gasteiger partial charge in [-0.05, 0) is 18.0 Å². The molecule has 36 heavy (non-hydrogen) atoms. The molecule has 3 N–H and O–H groups in total. The highest BCUT2D eigenvalue weighted by Gasteiger charge is 2.95. The molecule has 0 spiro atoms. The van der Waals surface area contributed by atoms with Crippen LogP contribution in [0.4, 0.5) is 74.6 Å². The van der Waals surface area contributed by atoms with Crippen LogP contribution in [0.2, 0.25) is 0 Å². The van der Waals surface area contributed by atoms with Crippen LogP contribution in [0.3, 0.4) is 0 Å². The Labute approximate surface area is 196 Å². The molecular weight excluding hydrogens is 599 g/mol. The van der Waals surface area contributed by atoms with Crippen molar-refractivity contribution in [3.8, 4) is 0 Å². The van der Waals surface area contributed by atoms with E-state index in [0.717, 1.165) is 0 Å². The lowest BCUT2D eigenvalue weighted by Crippen LogP contribution is -2.74. The largest absolute Gasteiger partial charge is 0.460 e. The van der Waals surface area contributed by atoms with Gasteiger partial charge >= 0.3 is 47.6 Å². The fourth-order valence-corrected chi connectivity index (χ4v) is 3.24. The summed E-state index contributed by atoms with van der Waals surface area (Å²) < 4.78 is 224. The first-order valence-electron chi connectivity index (χ1n) is 8.35. The lowest BCUT2D eigenvalue weighted by molar-refractivity contribution is -0.461. The molecule has 0 atom stereocenters. The van der Waals surface area contributed by atoms with Gasteiger partial charge < -0.3 is 5.84 Å². The fourth-order valence-electron chi connectivity index (χ4n) is 2.16. The standard InChI is InChI=1S/C13H9F17N4S2/c14-6(15,1-2-36-3-4-32-33-5(35)34(4)31)7(16,17)8(18,19)9(20,21)10(22,23)11(24,25)12(26,27)13(28,29)30/h1-3,31H2,(H,33,35). The van der Waals surface area contributed by atoms with Crippen LogP contribution in [-0.2, 0) is 5.75 Å². The Balaban J connectivity index is 3.26. The number of rotatable bonds is 11. The van der Waals surface area contributed by atoms with E-state index in [1.807, 2.05) is 0 Å². The van der Waals surface area contributed by atoms with Gasteiger partial charge in [-0.3, -0.25) is 5.10 Å². The molecule has 0 radical (unpaired) electrons. The molecule has 0 aliphatic heterocycles. The number of halogens is 17. The zero-order valence-electron chi connectivity index (χ0n) is 16.3. The molecule has 0 aliphatic rings. The maximum Gasteiger partial charge on any atom is 0.460 e. The van der Waals surface area contributed by atoms with E-state index in [4.69, 9.17) is 5.84 Å². The molecule has 1 rings (SSSR count). The van der Waals surface area contributed by atoms with Gasteiger partial charge in [0.1, 0.15) is 0 Å². The van der Waals surface area contributed by atoms with Crippen molar-refractivity contribution in [1.82, 2.24) is 14.9 Å². The van der Waals surface area contributed by atoms with E-state index in [2.05, 4.69) is 22.4 Å². The maximum atomic E-state index is 13.7. The SMILES string of the molecule is Nn1c(CSCCC(F)(F)C(F)(F)C(F)(F)C(F)(F)C(F)(F)C(F)(F)C(F)(F)C(F)(F)F)n[nH]c1=S. The molecule has 23 heteroatoms. The third-order valence-electron chi connectivity index (χ3n) is 4.36. The van der Waals surface area contributed by atoms with Gasteiger partial charge in [0.2, 0.25) is 4.77 Å². The van der Waals surface area contributed by atoms with Gasteiger partial charge in [-0.2, -0.15) is 91.5 Å². The minimum Gasteiger partial charge on any atom is -0.335 e. The van der Waals surface area contributed by atoms with Gasteiger partial charge in [-0.1, -0.05) is 0 Å². The summed E-state index contributed by atoms with van der Waals surface area (Å²) >= 11 is 4.69. The average molecular weight is 608 g/mol. The second kappa shape index (κ2) is 9.26. The molecule has 4 nitrogen and oxygen atoms in total. The quantitative estimate of drug-likeness (QED) is 0.134. The van der Waals surface area contributed by atoms with Gasteiger partial charge in [-0.25, -0.2) is 4.68 Å². The maximum absolute atomic E-state index is 13.7. The predicted molar refractivity (Wildman–Crippen MR) is 89.0 cm³/mol. The minimum absolute atomic E-state index is 0.143. The number of hydrogen-bond acceptors (Lipinski definition) is 4. The molecule has 0 fully saturated rings. The summed E-state index contributed by atoms with van der Waals surface area (Å²) in [5.41, 5.74) is 0. The first kappa shape index (κ1) is 32.3. The van der Waals surface area contributed by atoms with Gasteiger partial charge in [0.25, 0.3) is 0 Å². The smallest absolute Gasteiger partial charge is 0.335 e. The number of aromatic nitrogens is 3. The molecule has 1 heterocycles. The Hall–Kier alpha value is -1.68. The highest BCUT2D eigenvalue weighted by atomic mass is 32.2. The Morgan fingerprint density at radius 2 is 1.08 bits per heavy atom. The second-order valence-corrected chi connectivity index (χ2v) is 8.26. The van der Waals surface area contributed by atoms with Gasteiger partial charge in [0, 0.05) is 6.42 Å². The van der Waals surface area contributed by atoms with Crippen LogP contribution in [0, 0.1) is 4.77 Å². The summed E-state index contributed by atoms with van der Waals surface area (Å²) in [6.07, 6.45) is -10.3. The number of nitrogens with zero attached hydrogens (tertiary/aromatic N) is 2. The second-order valence-electron chi connectivity index (χ2n) is 6.77. The van der Waals surface area contributed by atoms with Crippen molar-refractivity contribution in [2.24, 2.45) is 0 Å². The summed E-state index contributed by atoms with van der Waals surface area (Å²) in [4.78, 5) is 0. The first-order chi connectivity index (χ1) is 15.6. The Kier molecular flexibility index (Phi) is 8.32. The third kappa shape index (κ3) is 4.68. The molecule has 0 saturated carbocycles. The average Bonchev–Trinajstić information content (AvgIpc) is 3.01. The van der Waals surface area contributed by atoms with E-state index in [-0.39, 0.29) is 22.4 Å². The number of H-pyrrole nitrogens is 1. The van der Waals surface area contributed by atoms with Crippen molar-refractivity contribution in [1.29, 1.82) is 0 Å². The van der Waals surface area contributed by atoms with Crippen LogP contribution in [0.25, 0.3) is 0 Å². The minimum atomic E-state index is -8.63. The zero-order chi connectivity index (χ0) is 29.0. The summed E-state index contributed by atoms with van der Waals surface area (Å²) in [5.74, 6) is -53.2. The normalized spacial score (nSPS) is 15.5. The molecular formula is C13H9F17N4S2. The van der Waals surface area contributed by atoms with E-state index in [0.29, 0.717) is 4.68 Å². The zero-order valence-corrected chi connectivity index (χ0v) is 18.0. The van der Waals surface area contributed by atoms with Crippen molar-refractivity contribution in [2.75, 3.05) is 11.6 Å². The monoisotopic (exact) mass is 608 g/mol. The third-order valence-corrected chi connectivity index (χ3v) is 5.60. The van der Waals surface area contributed by atoms with E-state index in [9.17, 15) is 74.6 Å². The predicted octanol–water partition coefficient (Wildman–Crippen LogP) is 6.29. The van der Waals surface area contributed by atoms with Gasteiger partial charge in [0.15, 0.2) is 5.82 Å². The van der Waals surface area contributed by atoms with Crippen molar-refractivity contribution >= 4 is 24.0 Å². The Morgan fingerprint density at radius 1 is 0.694 bits per heavy atom. The number of aromatic amines is 1. The van der Waals surface area contributed by atoms with Crippen molar-refractivity contribution in [3.05, 3.63) is 10.6 Å². The fraction of sp³-hybridized carbons (Fsp3) is 0.846. The molecule has 1 aromatic rings. The molecule has 212 valence electrons. The van der Waals surface area contributed by atoms with Gasteiger partial charge in [0.05, 0.1) is 5.75 Å². The molecule has 0 bridgehead atoms. The van der Waals surface area contributed by atoms with Gasteiger partial charge in [-0.15, -0.1) is 0 Å². The molecule has 0 aliphatic carbocycles. The first-order valence-corrected chi connectivity index (χ1v) is 9.92. The van der Waals surface area contributed by atoms with E-state index in [1.165, 1.54) is 0 Å². The lowest BCUT2D eigenvalue weighted by atomic mass is 9.88. The van der Waals surface area contributed by atoms with Crippen LogP contribution < -0.4 is 5.84 Å². The summed E-state index contributed by atoms with van der Waals surface area (Å²) in [7, 11) is 0. The van der Waals surface area contributed by atoms with Crippen LogP contribution >= 0.6 is 24.0 Å². The molecule has 0 amide bonds. The van der Waals surface area contributed by atoms with E-state index < -0.39 is 65.6 Å². The van der Waals surface area contributed by atoms with Crippen molar-refractivity contribution < 1.29 is 74.6 Å². The highest BCUT2D eigenvalue weighted by molar-refractivity contribution is 7.98. The molecule has 0 unspecified atom stereocenters. The summed E-state index contributed by atoms with van der Waals surface area (Å²) in [6.45, 7) is 0.